The van der Waals surface area contributed by atoms with Gasteiger partial charge < -0.3 is 14.5 Å². The summed E-state index contributed by atoms with van der Waals surface area (Å²) in [5.74, 6) is -1.28. The van der Waals surface area contributed by atoms with E-state index in [2.05, 4.69) is 46.7 Å². The van der Waals surface area contributed by atoms with Crippen LogP contribution >= 0.6 is 0 Å². The molecule has 0 fully saturated rings. The molecule has 0 radical (unpaired) electrons. The minimum atomic E-state index is -4.70. The zero-order chi connectivity index (χ0) is 22.0. The van der Waals surface area contributed by atoms with Gasteiger partial charge in [0.15, 0.2) is 0 Å². The van der Waals surface area contributed by atoms with Crippen molar-refractivity contribution in [3.8, 4) is 17.2 Å². The van der Waals surface area contributed by atoms with E-state index in [4.69, 9.17) is 9.15 Å². The Balaban J connectivity index is 1.57. The first kappa shape index (κ1) is 20.9. The van der Waals surface area contributed by atoms with E-state index in [0.29, 0.717) is 17.9 Å². The zero-order valence-corrected chi connectivity index (χ0v) is 16.9. The maximum atomic E-state index is 12.8. The second kappa shape index (κ2) is 8.39. The van der Waals surface area contributed by atoms with Gasteiger partial charge in [0.2, 0.25) is 0 Å². The number of halogens is 3. The molecule has 0 saturated heterocycles. The van der Waals surface area contributed by atoms with Crippen molar-refractivity contribution in [3.05, 3.63) is 77.7 Å². The van der Waals surface area contributed by atoms with Gasteiger partial charge in [-0.15, -0.1) is 10.2 Å². The molecule has 31 heavy (non-hydrogen) atoms. The molecule has 0 spiro atoms. The van der Waals surface area contributed by atoms with E-state index in [0.717, 1.165) is 10.9 Å². The number of methoxy groups -OCH3 is 1. The number of benzene rings is 3. The second-order valence-corrected chi connectivity index (χ2v) is 7.12. The van der Waals surface area contributed by atoms with E-state index < -0.39 is 12.1 Å². The van der Waals surface area contributed by atoms with Gasteiger partial charge in [-0.05, 0) is 41.0 Å². The predicted molar refractivity (Wildman–Crippen MR) is 110 cm³/mol. The minimum absolute atomic E-state index is 0.0527. The lowest BCUT2D eigenvalue weighted by molar-refractivity contribution is -0.156. The van der Waals surface area contributed by atoms with E-state index in [-0.39, 0.29) is 11.9 Å². The van der Waals surface area contributed by atoms with Gasteiger partial charge in [0.25, 0.3) is 5.89 Å². The third kappa shape index (κ3) is 4.39. The normalized spacial score (nSPS) is 12.8. The van der Waals surface area contributed by atoms with Crippen molar-refractivity contribution in [2.24, 2.45) is 0 Å². The maximum absolute atomic E-state index is 12.8. The Morgan fingerprint density at radius 2 is 1.81 bits per heavy atom. The Kier molecular flexibility index (Phi) is 5.65. The summed E-state index contributed by atoms with van der Waals surface area (Å²) < 4.78 is 48.6. The summed E-state index contributed by atoms with van der Waals surface area (Å²) in [5.41, 5.74) is 2.32. The smallest absolute Gasteiger partial charge is 0.470 e. The number of alkyl halides is 3. The van der Waals surface area contributed by atoms with Crippen LogP contribution in [0.3, 0.4) is 0 Å². The van der Waals surface area contributed by atoms with Gasteiger partial charge in [-0.25, -0.2) is 0 Å². The molecular weight excluding hydrogens is 407 g/mol. The molecule has 5 nitrogen and oxygen atoms in total. The highest BCUT2D eigenvalue weighted by Gasteiger charge is 2.38. The number of ether oxygens (including phenoxy) is 1. The monoisotopic (exact) mass is 427 g/mol. The molecule has 0 saturated carbocycles. The topological polar surface area (TPSA) is 60.2 Å². The van der Waals surface area contributed by atoms with Crippen LogP contribution in [0.4, 0.5) is 13.2 Å². The van der Waals surface area contributed by atoms with Crippen LogP contribution in [0.15, 0.2) is 65.1 Å². The fourth-order valence-electron chi connectivity index (χ4n) is 3.49. The number of nitrogens with one attached hydrogen (secondary N) is 1. The zero-order valence-electron chi connectivity index (χ0n) is 16.9. The lowest BCUT2D eigenvalue weighted by Crippen LogP contribution is -2.18. The number of nitrogens with zero attached hydrogens (tertiary/aromatic N) is 2. The van der Waals surface area contributed by atoms with Crippen molar-refractivity contribution in [3.63, 3.8) is 0 Å². The molecule has 3 aromatic carbocycles. The molecule has 1 atom stereocenters. The summed E-state index contributed by atoms with van der Waals surface area (Å²) in [5, 5.41) is 12.4. The van der Waals surface area contributed by atoms with Crippen LogP contribution in [0.1, 0.15) is 30.0 Å². The quantitative estimate of drug-likeness (QED) is 0.423. The third-order valence-electron chi connectivity index (χ3n) is 5.06. The van der Waals surface area contributed by atoms with Crippen LogP contribution in [0.25, 0.3) is 22.2 Å². The Morgan fingerprint density at radius 1 is 1.03 bits per heavy atom. The van der Waals surface area contributed by atoms with E-state index >= 15 is 0 Å². The first-order chi connectivity index (χ1) is 14.9. The van der Waals surface area contributed by atoms with E-state index in [1.807, 2.05) is 24.3 Å². The molecule has 0 aliphatic heterocycles. The number of fused-ring (bicyclic) bond motifs is 1. The highest BCUT2D eigenvalue weighted by atomic mass is 19.4. The Bertz CT molecular complexity index is 1200. The summed E-state index contributed by atoms with van der Waals surface area (Å²) in [7, 11) is 1.43. The Labute approximate surface area is 176 Å². The van der Waals surface area contributed by atoms with Crippen molar-refractivity contribution in [1.82, 2.24) is 15.5 Å². The van der Waals surface area contributed by atoms with Gasteiger partial charge in [-0.1, -0.05) is 48.5 Å². The summed E-state index contributed by atoms with van der Waals surface area (Å²) in [6.45, 7) is 2.56. The maximum Gasteiger partial charge on any atom is 0.470 e. The number of hydrogen-bond acceptors (Lipinski definition) is 5. The van der Waals surface area contributed by atoms with Crippen molar-refractivity contribution in [1.29, 1.82) is 0 Å². The number of rotatable bonds is 6. The van der Waals surface area contributed by atoms with Crippen molar-refractivity contribution in [2.75, 3.05) is 7.11 Å². The van der Waals surface area contributed by atoms with Crippen molar-refractivity contribution in [2.45, 2.75) is 25.7 Å². The van der Waals surface area contributed by atoms with E-state index in [9.17, 15) is 13.2 Å². The fraction of sp³-hybridized carbons (Fsp3) is 0.217. The lowest BCUT2D eigenvalue weighted by Gasteiger charge is -2.17. The van der Waals surface area contributed by atoms with Crippen LogP contribution in [-0.2, 0) is 12.7 Å². The molecular formula is C23H20F3N3O2. The Hall–Kier alpha value is -3.39. The Morgan fingerprint density at radius 3 is 2.55 bits per heavy atom. The number of aromatic nitrogens is 2. The minimum Gasteiger partial charge on any atom is -0.496 e. The van der Waals surface area contributed by atoms with Gasteiger partial charge in [-0.3, -0.25) is 0 Å². The number of hydrogen-bond donors (Lipinski definition) is 1. The van der Waals surface area contributed by atoms with Crippen LogP contribution in [0, 0.1) is 0 Å². The standard InChI is InChI=1S/C23H20F3N3O2/c1-14(17-9-5-7-16-6-3-4-8-18(16)17)27-13-15-10-11-20(30-2)19(12-15)21-28-29-22(31-21)23(24,25)26/h3-12,14,27H,13H2,1-2H3/t14-/m1/s1. The molecule has 0 amide bonds. The van der Waals surface area contributed by atoms with Crippen LogP contribution < -0.4 is 10.1 Å². The second-order valence-electron chi connectivity index (χ2n) is 7.12. The molecule has 8 heteroatoms. The lowest BCUT2D eigenvalue weighted by atomic mass is 9.99. The molecule has 1 N–H and O–H groups in total. The molecule has 1 heterocycles. The van der Waals surface area contributed by atoms with Crippen LogP contribution in [-0.4, -0.2) is 17.3 Å². The first-order valence-electron chi connectivity index (χ1n) is 9.66. The predicted octanol–water partition coefficient (Wildman–Crippen LogP) is 5.77. The van der Waals surface area contributed by atoms with Crippen molar-refractivity contribution < 1.29 is 22.3 Å². The molecule has 0 bridgehead atoms. The van der Waals surface area contributed by atoms with Gasteiger partial charge in [0, 0.05) is 12.6 Å². The molecule has 4 rings (SSSR count). The molecule has 0 unspecified atom stereocenters. The molecule has 0 aliphatic carbocycles. The SMILES string of the molecule is COc1ccc(CN[C@H](C)c2cccc3ccccc23)cc1-c1nnc(C(F)(F)F)o1. The van der Waals surface area contributed by atoms with E-state index in [1.54, 1.807) is 12.1 Å². The summed E-state index contributed by atoms with van der Waals surface area (Å²) in [6.07, 6.45) is -4.70. The average Bonchev–Trinajstić information content (AvgIpc) is 3.28. The summed E-state index contributed by atoms with van der Waals surface area (Å²) in [4.78, 5) is 0. The first-order valence-corrected chi connectivity index (χ1v) is 9.66. The van der Waals surface area contributed by atoms with Gasteiger partial charge in [-0.2, -0.15) is 13.2 Å². The average molecular weight is 427 g/mol. The highest BCUT2D eigenvalue weighted by molar-refractivity contribution is 5.86. The molecule has 4 aromatic rings. The summed E-state index contributed by atoms with van der Waals surface area (Å²) >= 11 is 0. The molecule has 1 aromatic heterocycles. The van der Waals surface area contributed by atoms with Crippen LogP contribution in [0.5, 0.6) is 5.75 Å². The summed E-state index contributed by atoms with van der Waals surface area (Å²) in [6, 6.07) is 19.6. The third-order valence-corrected chi connectivity index (χ3v) is 5.06. The van der Waals surface area contributed by atoms with Crippen molar-refractivity contribution >= 4 is 10.8 Å². The highest BCUT2D eigenvalue weighted by Crippen LogP contribution is 2.34. The fourth-order valence-corrected chi connectivity index (χ4v) is 3.49. The van der Waals surface area contributed by atoms with Gasteiger partial charge in [0.1, 0.15) is 5.75 Å². The molecule has 0 aliphatic rings. The van der Waals surface area contributed by atoms with Gasteiger partial charge in [0.05, 0.1) is 12.7 Å². The van der Waals surface area contributed by atoms with Crippen LogP contribution in [0.2, 0.25) is 0 Å². The molecule has 160 valence electrons. The largest absolute Gasteiger partial charge is 0.496 e. The van der Waals surface area contributed by atoms with Gasteiger partial charge >= 0.3 is 12.1 Å². The van der Waals surface area contributed by atoms with E-state index in [1.165, 1.54) is 18.1 Å².